The monoisotopic (exact) mass is 418 g/mol. The Morgan fingerprint density at radius 3 is 1.16 bits per heavy atom. The first-order valence-electron chi connectivity index (χ1n) is 10.4. The minimum Gasteiger partial charge on any atom is -0.397 e. The highest BCUT2D eigenvalue weighted by molar-refractivity contribution is 5.71. The SMILES string of the molecule is NC(=CNc1ccc(-c2ccc(NC=C(N)c3ccccc3)cc2)cc1)c1ccccc1. The molecule has 0 heterocycles. The molecule has 0 aliphatic carbocycles. The van der Waals surface area contributed by atoms with Crippen molar-refractivity contribution >= 4 is 22.8 Å². The van der Waals surface area contributed by atoms with E-state index in [9.17, 15) is 0 Å². The van der Waals surface area contributed by atoms with Gasteiger partial charge in [-0.1, -0.05) is 84.9 Å². The molecule has 6 N–H and O–H groups in total. The van der Waals surface area contributed by atoms with E-state index in [1.165, 1.54) is 0 Å². The third-order valence-electron chi connectivity index (χ3n) is 5.11. The van der Waals surface area contributed by atoms with E-state index in [1.807, 2.05) is 97.3 Å². The largest absolute Gasteiger partial charge is 0.397 e. The number of rotatable bonds is 7. The van der Waals surface area contributed by atoms with Crippen LogP contribution >= 0.6 is 0 Å². The molecule has 0 radical (unpaired) electrons. The van der Waals surface area contributed by atoms with Crippen LogP contribution in [0.3, 0.4) is 0 Å². The zero-order valence-corrected chi connectivity index (χ0v) is 17.7. The van der Waals surface area contributed by atoms with Crippen LogP contribution in [0.5, 0.6) is 0 Å². The molecule has 0 saturated carbocycles. The van der Waals surface area contributed by atoms with Gasteiger partial charge in [-0.2, -0.15) is 0 Å². The first kappa shape index (κ1) is 20.8. The molecule has 0 aliphatic rings. The maximum absolute atomic E-state index is 6.14. The van der Waals surface area contributed by atoms with E-state index in [4.69, 9.17) is 11.5 Å². The minimum absolute atomic E-state index is 0.694. The van der Waals surface area contributed by atoms with Crippen molar-refractivity contribution in [3.63, 3.8) is 0 Å². The summed E-state index contributed by atoms with van der Waals surface area (Å²) in [5.41, 5.74) is 19.9. The van der Waals surface area contributed by atoms with Gasteiger partial charge in [-0.25, -0.2) is 0 Å². The lowest BCUT2D eigenvalue weighted by Gasteiger charge is -2.08. The summed E-state index contributed by atoms with van der Waals surface area (Å²) < 4.78 is 0. The zero-order valence-electron chi connectivity index (χ0n) is 17.7. The summed E-state index contributed by atoms with van der Waals surface area (Å²) in [4.78, 5) is 0. The zero-order chi connectivity index (χ0) is 22.2. The molecule has 0 atom stereocenters. The van der Waals surface area contributed by atoms with Crippen LogP contribution in [0.25, 0.3) is 22.5 Å². The van der Waals surface area contributed by atoms with Crippen LogP contribution < -0.4 is 22.1 Å². The molecular weight excluding hydrogens is 392 g/mol. The first-order chi connectivity index (χ1) is 15.7. The average molecular weight is 419 g/mol. The molecule has 4 nitrogen and oxygen atoms in total. The van der Waals surface area contributed by atoms with Gasteiger partial charge in [0.15, 0.2) is 0 Å². The number of hydrogen-bond acceptors (Lipinski definition) is 4. The molecule has 4 aromatic rings. The Morgan fingerprint density at radius 2 is 0.812 bits per heavy atom. The van der Waals surface area contributed by atoms with Crippen molar-refractivity contribution in [1.29, 1.82) is 0 Å². The van der Waals surface area contributed by atoms with E-state index < -0.39 is 0 Å². The summed E-state index contributed by atoms with van der Waals surface area (Å²) in [5, 5.41) is 6.51. The van der Waals surface area contributed by atoms with Crippen LogP contribution in [0.2, 0.25) is 0 Å². The molecule has 0 amide bonds. The van der Waals surface area contributed by atoms with Crippen molar-refractivity contribution in [2.45, 2.75) is 0 Å². The Hall–Kier alpha value is -4.44. The average Bonchev–Trinajstić information content (AvgIpc) is 2.87. The third kappa shape index (κ3) is 5.37. The maximum Gasteiger partial charge on any atom is 0.0550 e. The molecule has 0 spiro atoms. The van der Waals surface area contributed by atoms with Crippen LogP contribution in [0, 0.1) is 0 Å². The maximum atomic E-state index is 6.14. The van der Waals surface area contributed by atoms with Gasteiger partial charge in [-0.15, -0.1) is 0 Å². The van der Waals surface area contributed by atoms with Crippen molar-refractivity contribution in [2.24, 2.45) is 11.5 Å². The van der Waals surface area contributed by atoms with Gasteiger partial charge in [0.25, 0.3) is 0 Å². The van der Waals surface area contributed by atoms with Crippen LogP contribution in [-0.4, -0.2) is 0 Å². The second-order valence-corrected chi connectivity index (χ2v) is 7.37. The van der Waals surface area contributed by atoms with Crippen molar-refractivity contribution in [3.8, 4) is 11.1 Å². The summed E-state index contributed by atoms with van der Waals surface area (Å²) >= 11 is 0. The molecule has 32 heavy (non-hydrogen) atoms. The van der Waals surface area contributed by atoms with Gasteiger partial charge in [-0.3, -0.25) is 0 Å². The molecule has 0 bridgehead atoms. The minimum atomic E-state index is 0.694. The van der Waals surface area contributed by atoms with Gasteiger partial charge in [-0.05, 0) is 46.5 Å². The fraction of sp³-hybridized carbons (Fsp3) is 0. The molecule has 158 valence electrons. The lowest BCUT2D eigenvalue weighted by molar-refractivity contribution is 1.47. The Morgan fingerprint density at radius 1 is 0.469 bits per heavy atom. The highest BCUT2D eigenvalue weighted by Crippen LogP contribution is 2.24. The Kier molecular flexibility index (Phi) is 6.54. The predicted octanol–water partition coefficient (Wildman–Crippen LogP) is 6.09. The standard InChI is InChI=1S/C28H26N4/c29-27(23-7-3-1-4-8-23)19-31-25-15-11-21(12-16-25)22-13-17-26(18-14-22)32-20-28(30)24-9-5-2-6-10-24/h1-20,31-32H,29-30H2. The van der Waals surface area contributed by atoms with Gasteiger partial charge in [0, 0.05) is 23.8 Å². The van der Waals surface area contributed by atoms with E-state index in [2.05, 4.69) is 34.9 Å². The molecule has 4 aromatic carbocycles. The van der Waals surface area contributed by atoms with E-state index in [-0.39, 0.29) is 0 Å². The van der Waals surface area contributed by atoms with Gasteiger partial charge in [0.05, 0.1) is 11.4 Å². The highest BCUT2D eigenvalue weighted by atomic mass is 14.9. The van der Waals surface area contributed by atoms with Crippen molar-refractivity contribution in [1.82, 2.24) is 0 Å². The number of benzene rings is 4. The van der Waals surface area contributed by atoms with Crippen LogP contribution in [-0.2, 0) is 0 Å². The van der Waals surface area contributed by atoms with E-state index >= 15 is 0 Å². The van der Waals surface area contributed by atoms with Crippen LogP contribution in [0.4, 0.5) is 11.4 Å². The van der Waals surface area contributed by atoms with E-state index in [1.54, 1.807) is 0 Å². The topological polar surface area (TPSA) is 76.1 Å². The quantitative estimate of drug-likeness (QED) is 0.293. The smallest absolute Gasteiger partial charge is 0.0550 e. The Labute approximate surface area is 188 Å². The summed E-state index contributed by atoms with van der Waals surface area (Å²) in [7, 11) is 0. The third-order valence-corrected chi connectivity index (χ3v) is 5.11. The van der Waals surface area contributed by atoms with Crippen molar-refractivity contribution in [3.05, 3.63) is 133 Å². The normalized spacial score (nSPS) is 11.8. The van der Waals surface area contributed by atoms with Gasteiger partial charge >= 0.3 is 0 Å². The predicted molar refractivity (Wildman–Crippen MR) is 136 cm³/mol. The summed E-state index contributed by atoms with van der Waals surface area (Å²) in [6, 6.07) is 36.3. The second kappa shape index (κ2) is 10.0. The fourth-order valence-electron chi connectivity index (χ4n) is 3.27. The molecule has 0 unspecified atom stereocenters. The second-order valence-electron chi connectivity index (χ2n) is 7.37. The first-order valence-corrected chi connectivity index (χ1v) is 10.4. The molecule has 4 rings (SSSR count). The van der Waals surface area contributed by atoms with Gasteiger partial charge < -0.3 is 22.1 Å². The summed E-state index contributed by atoms with van der Waals surface area (Å²) in [5.74, 6) is 0. The van der Waals surface area contributed by atoms with Gasteiger partial charge in [0.1, 0.15) is 0 Å². The summed E-state index contributed by atoms with van der Waals surface area (Å²) in [6.45, 7) is 0. The van der Waals surface area contributed by atoms with E-state index in [0.29, 0.717) is 11.4 Å². The number of nitrogens with two attached hydrogens (primary N) is 2. The molecule has 0 aromatic heterocycles. The number of anilines is 2. The Balaban J connectivity index is 1.38. The van der Waals surface area contributed by atoms with E-state index in [0.717, 1.165) is 33.6 Å². The molecule has 0 fully saturated rings. The fourth-order valence-corrected chi connectivity index (χ4v) is 3.27. The molecule has 4 heteroatoms. The summed E-state index contributed by atoms with van der Waals surface area (Å²) in [6.07, 6.45) is 3.64. The van der Waals surface area contributed by atoms with Crippen molar-refractivity contribution in [2.75, 3.05) is 10.6 Å². The molecule has 0 saturated heterocycles. The lowest BCUT2D eigenvalue weighted by Crippen LogP contribution is -2.00. The highest BCUT2D eigenvalue weighted by Gasteiger charge is 2.00. The number of hydrogen-bond donors (Lipinski definition) is 4. The van der Waals surface area contributed by atoms with Crippen LogP contribution in [0.1, 0.15) is 11.1 Å². The number of nitrogens with one attached hydrogen (secondary N) is 2. The van der Waals surface area contributed by atoms with Crippen molar-refractivity contribution < 1.29 is 0 Å². The van der Waals surface area contributed by atoms with Gasteiger partial charge in [0.2, 0.25) is 0 Å². The molecule has 0 aliphatic heterocycles. The van der Waals surface area contributed by atoms with Crippen LogP contribution in [0.15, 0.2) is 122 Å². The molecular formula is C28H26N4. The lowest BCUT2D eigenvalue weighted by atomic mass is 10.0. The Bertz CT molecular complexity index is 1100.